The van der Waals surface area contributed by atoms with Crippen molar-refractivity contribution in [3.05, 3.63) is 42.7 Å². The third kappa shape index (κ3) is 1.04. The summed E-state index contributed by atoms with van der Waals surface area (Å²) in [6.45, 7) is 0. The maximum absolute atomic E-state index is 4.36. The van der Waals surface area contributed by atoms with E-state index >= 15 is 0 Å². The number of nitrogens with zero attached hydrogens (tertiary/aromatic N) is 3. The summed E-state index contributed by atoms with van der Waals surface area (Å²) in [6.07, 6.45) is 3.70. The fraction of sp³-hybridized carbons (Fsp3) is 0. The molecule has 0 spiro atoms. The van der Waals surface area contributed by atoms with Crippen LogP contribution in [0.5, 0.6) is 0 Å². The molecule has 0 saturated heterocycles. The van der Waals surface area contributed by atoms with Crippen molar-refractivity contribution in [3.8, 4) is 5.00 Å². The lowest BCUT2D eigenvalue weighted by atomic mass is 10.2. The maximum atomic E-state index is 4.36. The van der Waals surface area contributed by atoms with Crippen molar-refractivity contribution in [2.45, 2.75) is 0 Å². The fourth-order valence-electron chi connectivity index (χ4n) is 1.43. The number of rotatable bonds is 1. The van der Waals surface area contributed by atoms with Gasteiger partial charge in [0, 0.05) is 17.8 Å². The predicted molar refractivity (Wildman–Crippen MR) is 56.7 cm³/mol. The van der Waals surface area contributed by atoms with Gasteiger partial charge in [-0.1, -0.05) is 12.1 Å². The molecular formula is C10H7N3S. The Morgan fingerprint density at radius 1 is 1.14 bits per heavy atom. The van der Waals surface area contributed by atoms with Crippen LogP contribution >= 0.6 is 11.5 Å². The van der Waals surface area contributed by atoms with Crippen LogP contribution in [0.1, 0.15) is 0 Å². The molecule has 0 atom stereocenters. The quantitative estimate of drug-likeness (QED) is 0.605. The molecule has 0 radical (unpaired) electrons. The van der Waals surface area contributed by atoms with Gasteiger partial charge in [0.25, 0.3) is 0 Å². The molecule has 0 saturated carbocycles. The second-order valence-electron chi connectivity index (χ2n) is 2.96. The van der Waals surface area contributed by atoms with Gasteiger partial charge in [0.15, 0.2) is 0 Å². The van der Waals surface area contributed by atoms with E-state index in [1.165, 1.54) is 11.5 Å². The fourth-order valence-corrected chi connectivity index (χ4v) is 2.24. The zero-order valence-electron chi connectivity index (χ0n) is 7.29. The third-order valence-electron chi connectivity index (χ3n) is 2.08. The summed E-state index contributed by atoms with van der Waals surface area (Å²) in [4.78, 5) is 0. The zero-order chi connectivity index (χ0) is 9.38. The first-order chi connectivity index (χ1) is 6.95. The van der Waals surface area contributed by atoms with Crippen LogP contribution in [-0.2, 0) is 0 Å². The molecule has 0 N–H and O–H groups in total. The van der Waals surface area contributed by atoms with Gasteiger partial charge < -0.3 is 0 Å². The monoisotopic (exact) mass is 201 g/mol. The molecular weight excluding hydrogens is 194 g/mol. The summed E-state index contributed by atoms with van der Waals surface area (Å²) in [5.41, 5.74) is 1.03. The number of aromatic nitrogens is 3. The largest absolute Gasteiger partial charge is 0.229 e. The standard InChI is InChI=1S/C10H7N3S/c1-2-5-9-8(4-1)10(14-12-9)13-7-3-6-11-13/h1-7H. The summed E-state index contributed by atoms with van der Waals surface area (Å²) in [6, 6.07) is 10.0. The molecule has 2 aromatic heterocycles. The van der Waals surface area contributed by atoms with Crippen LogP contribution in [0.15, 0.2) is 42.7 Å². The van der Waals surface area contributed by atoms with Crippen LogP contribution in [0.2, 0.25) is 0 Å². The van der Waals surface area contributed by atoms with Gasteiger partial charge in [0.05, 0.1) is 5.52 Å². The molecule has 3 rings (SSSR count). The Labute approximate surface area is 84.8 Å². The molecule has 1 aromatic carbocycles. The lowest BCUT2D eigenvalue weighted by molar-refractivity contribution is 0.903. The second kappa shape index (κ2) is 2.92. The first-order valence-corrected chi connectivity index (χ1v) is 5.07. The molecule has 0 fully saturated rings. The normalized spacial score (nSPS) is 10.9. The number of benzene rings is 1. The van der Waals surface area contributed by atoms with Gasteiger partial charge in [-0.15, -0.1) is 0 Å². The third-order valence-corrected chi connectivity index (χ3v) is 2.95. The van der Waals surface area contributed by atoms with Crippen LogP contribution in [0.4, 0.5) is 0 Å². The SMILES string of the molecule is c1ccc2c(-n3cccn3)snc2c1. The van der Waals surface area contributed by atoms with Crippen molar-refractivity contribution in [1.82, 2.24) is 14.2 Å². The molecule has 0 unspecified atom stereocenters. The number of hydrogen-bond acceptors (Lipinski definition) is 3. The van der Waals surface area contributed by atoms with Gasteiger partial charge >= 0.3 is 0 Å². The van der Waals surface area contributed by atoms with Crippen molar-refractivity contribution >= 4 is 22.4 Å². The van der Waals surface area contributed by atoms with Crippen molar-refractivity contribution in [3.63, 3.8) is 0 Å². The van der Waals surface area contributed by atoms with Crippen LogP contribution in [0.25, 0.3) is 15.9 Å². The van der Waals surface area contributed by atoms with Crippen molar-refractivity contribution < 1.29 is 0 Å². The van der Waals surface area contributed by atoms with Gasteiger partial charge in [-0.05, 0) is 29.7 Å². The van der Waals surface area contributed by atoms with E-state index in [2.05, 4.69) is 15.5 Å². The molecule has 14 heavy (non-hydrogen) atoms. The van der Waals surface area contributed by atoms with E-state index in [1.807, 2.05) is 35.1 Å². The van der Waals surface area contributed by atoms with Gasteiger partial charge in [-0.25, -0.2) is 4.68 Å². The first kappa shape index (κ1) is 7.70. The number of hydrogen-bond donors (Lipinski definition) is 0. The minimum Gasteiger partial charge on any atom is -0.229 e. The molecule has 2 heterocycles. The van der Waals surface area contributed by atoms with E-state index in [4.69, 9.17) is 0 Å². The van der Waals surface area contributed by atoms with E-state index in [9.17, 15) is 0 Å². The highest BCUT2D eigenvalue weighted by Crippen LogP contribution is 2.24. The first-order valence-electron chi connectivity index (χ1n) is 4.29. The van der Waals surface area contributed by atoms with E-state index in [0.29, 0.717) is 0 Å². The Kier molecular flexibility index (Phi) is 1.61. The van der Waals surface area contributed by atoms with Gasteiger partial charge in [0.1, 0.15) is 5.00 Å². The van der Waals surface area contributed by atoms with E-state index in [1.54, 1.807) is 6.20 Å². The van der Waals surface area contributed by atoms with Crippen LogP contribution in [0.3, 0.4) is 0 Å². The molecule has 68 valence electrons. The van der Waals surface area contributed by atoms with Crippen molar-refractivity contribution in [1.29, 1.82) is 0 Å². The number of fused-ring (bicyclic) bond motifs is 1. The summed E-state index contributed by atoms with van der Waals surface area (Å²) >= 11 is 1.47. The van der Waals surface area contributed by atoms with E-state index in [-0.39, 0.29) is 0 Å². The van der Waals surface area contributed by atoms with Gasteiger partial charge in [-0.2, -0.15) is 9.47 Å². The topological polar surface area (TPSA) is 30.7 Å². The second-order valence-corrected chi connectivity index (χ2v) is 3.71. The molecule has 0 aliphatic heterocycles. The zero-order valence-corrected chi connectivity index (χ0v) is 8.11. The smallest absolute Gasteiger partial charge is 0.145 e. The minimum absolute atomic E-state index is 1.03. The summed E-state index contributed by atoms with van der Waals surface area (Å²) in [5, 5.41) is 6.42. The highest BCUT2D eigenvalue weighted by Gasteiger charge is 2.06. The molecule has 3 nitrogen and oxygen atoms in total. The minimum atomic E-state index is 1.03. The van der Waals surface area contributed by atoms with Gasteiger partial charge in [0.2, 0.25) is 0 Å². The summed E-state index contributed by atoms with van der Waals surface area (Å²) in [7, 11) is 0. The Bertz CT molecular complexity index is 554. The lowest BCUT2D eigenvalue weighted by Crippen LogP contribution is -1.90. The van der Waals surface area contributed by atoms with E-state index in [0.717, 1.165) is 15.9 Å². The Balaban J connectivity index is 2.33. The molecule has 0 aliphatic carbocycles. The molecule has 0 amide bonds. The summed E-state index contributed by atoms with van der Waals surface area (Å²) in [5.74, 6) is 0. The van der Waals surface area contributed by atoms with Crippen LogP contribution < -0.4 is 0 Å². The highest BCUT2D eigenvalue weighted by atomic mass is 32.1. The highest BCUT2D eigenvalue weighted by molar-refractivity contribution is 7.10. The van der Waals surface area contributed by atoms with Crippen molar-refractivity contribution in [2.75, 3.05) is 0 Å². The Morgan fingerprint density at radius 2 is 2.07 bits per heavy atom. The van der Waals surface area contributed by atoms with Crippen LogP contribution in [-0.4, -0.2) is 14.2 Å². The van der Waals surface area contributed by atoms with Crippen LogP contribution in [0, 0.1) is 0 Å². The average Bonchev–Trinajstić information content (AvgIpc) is 2.85. The maximum Gasteiger partial charge on any atom is 0.145 e. The van der Waals surface area contributed by atoms with Gasteiger partial charge in [-0.3, -0.25) is 0 Å². The molecule has 0 aliphatic rings. The molecule has 4 heteroatoms. The Hall–Kier alpha value is -1.68. The Morgan fingerprint density at radius 3 is 2.93 bits per heavy atom. The molecule has 0 bridgehead atoms. The van der Waals surface area contributed by atoms with E-state index < -0.39 is 0 Å². The average molecular weight is 201 g/mol. The summed E-state index contributed by atoms with van der Waals surface area (Å²) < 4.78 is 6.20. The predicted octanol–water partition coefficient (Wildman–Crippen LogP) is 2.48. The molecule has 3 aromatic rings. The van der Waals surface area contributed by atoms with Crippen molar-refractivity contribution in [2.24, 2.45) is 0 Å². The lowest BCUT2D eigenvalue weighted by Gasteiger charge is -1.95.